The minimum Gasteiger partial charge on any atom is -0.368 e. The van der Waals surface area contributed by atoms with Crippen LogP contribution in [-0.2, 0) is 4.79 Å². The van der Waals surface area contributed by atoms with Crippen LogP contribution < -0.4 is 15.1 Å². The van der Waals surface area contributed by atoms with E-state index in [1.54, 1.807) is 6.07 Å². The average molecular weight is 495 g/mol. The van der Waals surface area contributed by atoms with E-state index >= 15 is 0 Å². The van der Waals surface area contributed by atoms with Gasteiger partial charge in [-0.15, -0.1) is 0 Å². The first-order valence-electron chi connectivity index (χ1n) is 11.0. The molecule has 2 aliphatic rings. The zero-order valence-corrected chi connectivity index (χ0v) is 20.3. The van der Waals surface area contributed by atoms with Crippen LogP contribution in [0.4, 0.5) is 11.5 Å². The van der Waals surface area contributed by atoms with Gasteiger partial charge < -0.3 is 20.0 Å². The zero-order chi connectivity index (χ0) is 22.3. The van der Waals surface area contributed by atoms with Gasteiger partial charge in [0.2, 0.25) is 5.91 Å². The number of nitrogens with zero attached hydrogens (tertiary/aromatic N) is 5. The highest BCUT2D eigenvalue weighted by atomic mass is 35.5. The minimum absolute atomic E-state index is 0.00513. The molecule has 2 aromatic rings. The molecule has 0 aliphatic carbocycles. The average Bonchev–Trinajstić information content (AvgIpc) is 3.31. The number of aromatic nitrogens is 2. The number of nitrogens with one attached hydrogen (secondary N) is 1. The van der Waals surface area contributed by atoms with E-state index in [1.165, 1.54) is 24.6 Å². The molecule has 0 unspecified atom stereocenters. The van der Waals surface area contributed by atoms with Crippen LogP contribution in [0.2, 0.25) is 10.2 Å². The molecule has 1 aromatic carbocycles. The molecule has 1 aromatic heterocycles. The molecule has 32 heavy (non-hydrogen) atoms. The summed E-state index contributed by atoms with van der Waals surface area (Å²) in [7, 11) is 0. The van der Waals surface area contributed by atoms with Gasteiger partial charge in [-0.2, -0.15) is 0 Å². The number of anilines is 2. The fourth-order valence-electron chi connectivity index (χ4n) is 4.02. The highest BCUT2D eigenvalue weighted by Gasteiger charge is 2.20. The number of likely N-dealkylation sites (tertiary alicyclic amines) is 1. The van der Waals surface area contributed by atoms with E-state index in [0.29, 0.717) is 16.9 Å². The maximum atomic E-state index is 12.2. The third-order valence-electron chi connectivity index (χ3n) is 5.72. The smallest absolute Gasteiger partial charge is 0.230 e. The number of thioether (sulfide) groups is 1. The van der Waals surface area contributed by atoms with Crippen molar-refractivity contribution < 1.29 is 4.79 Å². The van der Waals surface area contributed by atoms with Gasteiger partial charge in [-0.05, 0) is 44.1 Å². The number of halogens is 2. The highest BCUT2D eigenvalue weighted by molar-refractivity contribution is 7.99. The van der Waals surface area contributed by atoms with E-state index in [4.69, 9.17) is 23.2 Å². The first kappa shape index (κ1) is 23.4. The summed E-state index contributed by atoms with van der Waals surface area (Å²) in [6.07, 6.45) is 2.52. The normalized spacial score (nSPS) is 17.1. The summed E-state index contributed by atoms with van der Waals surface area (Å²) >= 11 is 13.7. The monoisotopic (exact) mass is 494 g/mol. The van der Waals surface area contributed by atoms with Gasteiger partial charge in [-0.1, -0.05) is 41.0 Å². The topological polar surface area (TPSA) is 64.6 Å². The molecule has 172 valence electrons. The molecule has 2 fully saturated rings. The Kier molecular flexibility index (Phi) is 8.35. The summed E-state index contributed by atoms with van der Waals surface area (Å²) in [4.78, 5) is 28.0. The SMILES string of the molecule is O=C(CSc1nc(Cl)cc(N2CCN(c3cccc(Cl)c3)CC2)n1)NCCN1CCCC1. The summed E-state index contributed by atoms with van der Waals surface area (Å²) in [5.41, 5.74) is 1.13. The van der Waals surface area contributed by atoms with Crippen molar-refractivity contribution >= 4 is 52.4 Å². The van der Waals surface area contributed by atoms with Gasteiger partial charge in [0.05, 0.1) is 5.75 Å². The molecule has 2 saturated heterocycles. The summed E-state index contributed by atoms with van der Waals surface area (Å²) in [5, 5.41) is 4.65. The summed E-state index contributed by atoms with van der Waals surface area (Å²) in [6, 6.07) is 9.71. The molecule has 1 amide bonds. The standard InChI is InChI=1S/C22H28Cl2N6OS/c23-17-4-3-5-18(14-17)29-10-12-30(13-11-29)20-15-19(24)26-22(27-20)32-16-21(31)25-6-9-28-7-1-2-8-28/h3-5,14-15H,1-2,6-13,16H2,(H,25,31). The molecule has 4 rings (SSSR count). The number of hydrogen-bond donors (Lipinski definition) is 1. The Hall–Kier alpha value is -1.74. The Bertz CT molecular complexity index is 919. The Morgan fingerprint density at radius 3 is 2.50 bits per heavy atom. The van der Waals surface area contributed by atoms with Crippen LogP contribution in [-0.4, -0.2) is 78.9 Å². The number of carbonyl (C=O) groups excluding carboxylic acids is 1. The molecular weight excluding hydrogens is 467 g/mol. The van der Waals surface area contributed by atoms with Gasteiger partial charge in [-0.25, -0.2) is 9.97 Å². The Morgan fingerprint density at radius 2 is 1.75 bits per heavy atom. The number of carbonyl (C=O) groups is 1. The Morgan fingerprint density at radius 1 is 1.00 bits per heavy atom. The molecule has 0 radical (unpaired) electrons. The highest BCUT2D eigenvalue weighted by Crippen LogP contribution is 2.25. The van der Waals surface area contributed by atoms with Crippen molar-refractivity contribution in [3.63, 3.8) is 0 Å². The van der Waals surface area contributed by atoms with Crippen molar-refractivity contribution in [2.24, 2.45) is 0 Å². The molecule has 3 heterocycles. The first-order chi connectivity index (χ1) is 15.6. The van der Waals surface area contributed by atoms with Crippen LogP contribution in [0.15, 0.2) is 35.5 Å². The van der Waals surface area contributed by atoms with Gasteiger partial charge in [0.25, 0.3) is 0 Å². The van der Waals surface area contributed by atoms with E-state index in [2.05, 4.69) is 36.1 Å². The van der Waals surface area contributed by atoms with E-state index in [1.807, 2.05) is 18.2 Å². The van der Waals surface area contributed by atoms with Gasteiger partial charge in [0.15, 0.2) is 5.16 Å². The summed E-state index contributed by atoms with van der Waals surface area (Å²) in [5.74, 6) is 1.07. The van der Waals surface area contributed by atoms with Crippen LogP contribution in [0.25, 0.3) is 0 Å². The molecule has 0 bridgehead atoms. The molecule has 2 aliphatic heterocycles. The zero-order valence-electron chi connectivity index (χ0n) is 18.0. The number of benzene rings is 1. The van der Waals surface area contributed by atoms with Crippen LogP contribution in [0.3, 0.4) is 0 Å². The largest absolute Gasteiger partial charge is 0.368 e. The van der Waals surface area contributed by atoms with Crippen LogP contribution >= 0.6 is 35.0 Å². The minimum atomic E-state index is -0.00513. The lowest BCUT2D eigenvalue weighted by Crippen LogP contribution is -2.46. The molecule has 0 spiro atoms. The molecule has 10 heteroatoms. The number of rotatable bonds is 8. The van der Waals surface area contributed by atoms with Crippen molar-refractivity contribution in [1.82, 2.24) is 20.2 Å². The predicted octanol–water partition coefficient (Wildman–Crippen LogP) is 3.41. The first-order valence-corrected chi connectivity index (χ1v) is 12.7. The number of piperazine rings is 1. The lowest BCUT2D eigenvalue weighted by Gasteiger charge is -2.36. The van der Waals surface area contributed by atoms with Gasteiger partial charge in [-0.3, -0.25) is 4.79 Å². The third kappa shape index (κ3) is 6.63. The van der Waals surface area contributed by atoms with Gasteiger partial charge in [0, 0.05) is 56.0 Å². The van der Waals surface area contributed by atoms with E-state index < -0.39 is 0 Å². The maximum Gasteiger partial charge on any atom is 0.230 e. The predicted molar refractivity (Wildman–Crippen MR) is 132 cm³/mol. The van der Waals surface area contributed by atoms with E-state index in [9.17, 15) is 4.79 Å². The molecule has 0 saturated carbocycles. The van der Waals surface area contributed by atoms with Gasteiger partial charge in [0.1, 0.15) is 11.0 Å². The van der Waals surface area contributed by atoms with E-state index in [-0.39, 0.29) is 11.7 Å². The quantitative estimate of drug-likeness (QED) is 0.342. The number of hydrogen-bond acceptors (Lipinski definition) is 7. The van der Waals surface area contributed by atoms with Gasteiger partial charge >= 0.3 is 0 Å². The lowest BCUT2D eigenvalue weighted by atomic mass is 10.2. The third-order valence-corrected chi connectivity index (χ3v) is 7.00. The van der Waals surface area contributed by atoms with Crippen molar-refractivity contribution in [2.45, 2.75) is 18.0 Å². The van der Waals surface area contributed by atoms with Crippen molar-refractivity contribution in [1.29, 1.82) is 0 Å². The second-order valence-corrected chi connectivity index (χ2v) is 9.74. The van der Waals surface area contributed by atoms with Crippen LogP contribution in [0.5, 0.6) is 0 Å². The number of amides is 1. The van der Waals surface area contributed by atoms with Crippen molar-refractivity contribution in [3.05, 3.63) is 40.5 Å². The Labute approximate surface area is 203 Å². The summed E-state index contributed by atoms with van der Waals surface area (Å²) < 4.78 is 0. The fraction of sp³-hybridized carbons (Fsp3) is 0.500. The lowest BCUT2D eigenvalue weighted by molar-refractivity contribution is -0.118. The van der Waals surface area contributed by atoms with Crippen molar-refractivity contribution in [2.75, 3.05) is 67.9 Å². The summed E-state index contributed by atoms with van der Waals surface area (Å²) in [6.45, 7) is 7.23. The Balaban J connectivity index is 1.26. The van der Waals surface area contributed by atoms with Crippen LogP contribution in [0.1, 0.15) is 12.8 Å². The second kappa shape index (κ2) is 11.4. The molecule has 0 atom stereocenters. The van der Waals surface area contributed by atoms with Crippen LogP contribution in [0, 0.1) is 0 Å². The molecule has 1 N–H and O–H groups in total. The second-order valence-electron chi connectivity index (χ2n) is 7.97. The fourth-order valence-corrected chi connectivity index (χ4v) is 5.11. The molecule has 7 nitrogen and oxygen atoms in total. The van der Waals surface area contributed by atoms with Crippen molar-refractivity contribution in [3.8, 4) is 0 Å². The molecular formula is C22H28Cl2N6OS. The van der Waals surface area contributed by atoms with E-state index in [0.717, 1.165) is 62.3 Å². The maximum absolute atomic E-state index is 12.2.